The van der Waals surface area contributed by atoms with Crippen molar-refractivity contribution in [2.24, 2.45) is 17.3 Å². The summed E-state index contributed by atoms with van der Waals surface area (Å²) in [6, 6.07) is 9.85. The van der Waals surface area contributed by atoms with E-state index in [1.165, 1.54) is 0 Å². The van der Waals surface area contributed by atoms with Crippen LogP contribution in [0.4, 0.5) is 0 Å². The molecule has 0 bridgehead atoms. The average Bonchev–Trinajstić information content (AvgIpc) is 2.43. The number of hydroxylamine groups is 1. The topological polar surface area (TPSA) is 58.6 Å². The molecule has 116 valence electrons. The van der Waals surface area contributed by atoms with E-state index in [0.29, 0.717) is 37.8 Å². The molecule has 4 heteroatoms. The predicted octanol–water partition coefficient (Wildman–Crippen LogP) is 3.23. The van der Waals surface area contributed by atoms with Gasteiger partial charge in [-0.25, -0.2) is 5.48 Å². The second-order valence-electron chi connectivity index (χ2n) is 6.54. The fraction of sp³-hybridized carbons (Fsp3) is 0.588. The predicted molar refractivity (Wildman–Crippen MR) is 81.5 cm³/mol. The van der Waals surface area contributed by atoms with Crippen LogP contribution in [0.15, 0.2) is 30.3 Å². The van der Waals surface area contributed by atoms with Gasteiger partial charge in [0.05, 0.1) is 12.0 Å². The summed E-state index contributed by atoms with van der Waals surface area (Å²) in [6.45, 7) is 5.09. The summed E-state index contributed by atoms with van der Waals surface area (Å²) in [4.78, 5) is 17.2. The minimum atomic E-state index is -0.711. The summed E-state index contributed by atoms with van der Waals surface area (Å²) in [5, 5.41) is 9.65. The lowest BCUT2D eigenvalue weighted by molar-refractivity contribution is -0.155. The molecule has 1 aromatic rings. The molecular weight excluding hydrogens is 266 g/mol. The van der Waals surface area contributed by atoms with Gasteiger partial charge in [0.1, 0.15) is 0 Å². The van der Waals surface area contributed by atoms with Gasteiger partial charge in [-0.1, -0.05) is 44.2 Å². The highest BCUT2D eigenvalue weighted by Crippen LogP contribution is 2.42. The van der Waals surface area contributed by atoms with E-state index in [2.05, 4.69) is 19.3 Å². The number of benzene rings is 1. The number of hydrogen-bond acceptors (Lipinski definition) is 3. The van der Waals surface area contributed by atoms with Crippen LogP contribution in [-0.4, -0.2) is 17.6 Å². The van der Waals surface area contributed by atoms with Gasteiger partial charge < -0.3 is 5.11 Å². The smallest absolute Gasteiger partial charge is 0.311 e. The fourth-order valence-corrected chi connectivity index (χ4v) is 3.56. The van der Waals surface area contributed by atoms with Crippen molar-refractivity contribution in [3.05, 3.63) is 35.9 Å². The van der Waals surface area contributed by atoms with Gasteiger partial charge >= 0.3 is 5.97 Å². The van der Waals surface area contributed by atoms with Crippen molar-refractivity contribution in [3.63, 3.8) is 0 Å². The van der Waals surface area contributed by atoms with Crippen molar-refractivity contribution in [1.29, 1.82) is 0 Å². The Labute approximate surface area is 126 Å². The Bertz CT molecular complexity index is 450. The minimum absolute atomic E-state index is 0.365. The van der Waals surface area contributed by atoms with Crippen molar-refractivity contribution in [1.82, 2.24) is 5.48 Å². The van der Waals surface area contributed by atoms with E-state index < -0.39 is 11.4 Å². The van der Waals surface area contributed by atoms with Crippen molar-refractivity contribution < 1.29 is 14.7 Å². The molecule has 0 aromatic heterocycles. The molecule has 4 nitrogen and oxygen atoms in total. The van der Waals surface area contributed by atoms with Crippen molar-refractivity contribution in [3.8, 4) is 0 Å². The van der Waals surface area contributed by atoms with Gasteiger partial charge in [0, 0.05) is 6.54 Å². The number of nitrogens with one attached hydrogen (secondary N) is 1. The maximum atomic E-state index is 11.7. The Hall–Kier alpha value is -1.39. The van der Waals surface area contributed by atoms with Gasteiger partial charge in [-0.15, -0.1) is 0 Å². The highest BCUT2D eigenvalue weighted by molar-refractivity contribution is 5.75. The van der Waals surface area contributed by atoms with Crippen LogP contribution in [0.1, 0.15) is 38.7 Å². The van der Waals surface area contributed by atoms with E-state index in [-0.39, 0.29) is 0 Å². The molecule has 1 fully saturated rings. The standard InChI is InChI=1S/C17H25NO3/c1-13-8-14(2)10-17(9-13,16(19)20)12-18-21-11-15-6-4-3-5-7-15/h3-7,13-14,18H,8-12H2,1-2H3,(H,19,20)/t13-,14+,17?. The minimum Gasteiger partial charge on any atom is -0.481 e. The lowest BCUT2D eigenvalue weighted by Crippen LogP contribution is -2.46. The van der Waals surface area contributed by atoms with Crippen LogP contribution in [0.25, 0.3) is 0 Å². The number of carbonyl (C=O) groups is 1. The molecule has 0 saturated heterocycles. The van der Waals surface area contributed by atoms with Crippen LogP contribution in [0, 0.1) is 17.3 Å². The van der Waals surface area contributed by atoms with E-state index in [0.717, 1.165) is 12.0 Å². The molecule has 0 heterocycles. The number of carboxylic acids is 1. The Morgan fingerprint density at radius 1 is 1.29 bits per heavy atom. The first-order chi connectivity index (χ1) is 10.0. The second kappa shape index (κ2) is 7.05. The van der Waals surface area contributed by atoms with E-state index >= 15 is 0 Å². The van der Waals surface area contributed by atoms with Crippen LogP contribution in [0.3, 0.4) is 0 Å². The van der Waals surface area contributed by atoms with Gasteiger partial charge in [0.25, 0.3) is 0 Å². The summed E-state index contributed by atoms with van der Waals surface area (Å²) >= 11 is 0. The molecule has 3 atom stereocenters. The molecule has 1 aliphatic rings. The lowest BCUT2D eigenvalue weighted by atomic mass is 9.66. The molecule has 1 saturated carbocycles. The zero-order chi connectivity index (χ0) is 15.3. The summed E-state index contributed by atoms with van der Waals surface area (Å²) in [7, 11) is 0. The van der Waals surface area contributed by atoms with Crippen LogP contribution >= 0.6 is 0 Å². The summed E-state index contributed by atoms with van der Waals surface area (Å²) in [5.74, 6) is 0.179. The molecule has 1 aromatic carbocycles. The molecular formula is C17H25NO3. The number of carboxylic acid groups (broad SMARTS) is 1. The molecule has 0 aliphatic heterocycles. The highest BCUT2D eigenvalue weighted by Gasteiger charge is 2.44. The Balaban J connectivity index is 1.87. The van der Waals surface area contributed by atoms with Gasteiger partial charge in [-0.2, -0.15) is 0 Å². The average molecular weight is 291 g/mol. The van der Waals surface area contributed by atoms with Crippen LogP contribution in [0.5, 0.6) is 0 Å². The number of rotatable bonds is 6. The van der Waals surface area contributed by atoms with Crippen molar-refractivity contribution in [2.45, 2.75) is 39.7 Å². The Morgan fingerprint density at radius 2 is 1.90 bits per heavy atom. The SMILES string of the molecule is C[C@@H]1C[C@H](C)CC(CNOCc2ccccc2)(C(=O)O)C1. The van der Waals surface area contributed by atoms with Gasteiger partial charge in [-0.3, -0.25) is 9.63 Å². The Kier molecular flexibility index (Phi) is 5.37. The van der Waals surface area contributed by atoms with Gasteiger partial charge in [0.15, 0.2) is 0 Å². The largest absolute Gasteiger partial charge is 0.481 e. The molecule has 2 rings (SSSR count). The molecule has 1 aliphatic carbocycles. The molecule has 2 N–H and O–H groups in total. The van der Waals surface area contributed by atoms with Crippen LogP contribution < -0.4 is 5.48 Å². The van der Waals surface area contributed by atoms with E-state index in [1.54, 1.807) is 0 Å². The summed E-state index contributed by atoms with van der Waals surface area (Å²) in [5.41, 5.74) is 3.25. The maximum absolute atomic E-state index is 11.7. The molecule has 1 unspecified atom stereocenters. The second-order valence-corrected chi connectivity index (χ2v) is 6.54. The first-order valence-electron chi connectivity index (χ1n) is 7.64. The molecule has 0 radical (unpaired) electrons. The van der Waals surface area contributed by atoms with Crippen molar-refractivity contribution >= 4 is 5.97 Å². The molecule has 0 amide bonds. The van der Waals surface area contributed by atoms with Crippen LogP contribution in [0.2, 0.25) is 0 Å². The monoisotopic (exact) mass is 291 g/mol. The maximum Gasteiger partial charge on any atom is 0.311 e. The number of aliphatic carboxylic acids is 1. The van der Waals surface area contributed by atoms with Gasteiger partial charge in [0.2, 0.25) is 0 Å². The first-order valence-corrected chi connectivity index (χ1v) is 7.64. The third-order valence-electron chi connectivity index (χ3n) is 4.33. The highest BCUT2D eigenvalue weighted by atomic mass is 16.6. The first kappa shape index (κ1) is 16.0. The number of hydrogen-bond donors (Lipinski definition) is 2. The van der Waals surface area contributed by atoms with E-state index in [9.17, 15) is 9.90 Å². The zero-order valence-corrected chi connectivity index (χ0v) is 12.8. The Morgan fingerprint density at radius 3 is 2.48 bits per heavy atom. The molecule has 0 spiro atoms. The normalized spacial score (nSPS) is 29.2. The third kappa shape index (κ3) is 4.29. The zero-order valence-electron chi connectivity index (χ0n) is 12.8. The fourth-order valence-electron chi connectivity index (χ4n) is 3.56. The van der Waals surface area contributed by atoms with E-state index in [4.69, 9.17) is 4.84 Å². The van der Waals surface area contributed by atoms with Crippen molar-refractivity contribution in [2.75, 3.05) is 6.54 Å². The molecule has 21 heavy (non-hydrogen) atoms. The summed E-state index contributed by atoms with van der Waals surface area (Å²) in [6.07, 6.45) is 2.54. The lowest BCUT2D eigenvalue weighted by Gasteiger charge is -2.39. The van der Waals surface area contributed by atoms with E-state index in [1.807, 2.05) is 30.3 Å². The summed E-state index contributed by atoms with van der Waals surface area (Å²) < 4.78 is 0. The quantitative estimate of drug-likeness (QED) is 0.624. The third-order valence-corrected chi connectivity index (χ3v) is 4.33. The van der Waals surface area contributed by atoms with Crippen LogP contribution in [-0.2, 0) is 16.2 Å². The van der Waals surface area contributed by atoms with Gasteiger partial charge in [-0.05, 0) is 36.7 Å².